The number of likely N-dealkylation sites (N-methyl/N-ethyl adjacent to an activating group) is 1. The normalized spacial score (nSPS) is 11.3. The molecular weight excluding hydrogens is 302 g/mol. The first kappa shape index (κ1) is 16.2. The van der Waals surface area contributed by atoms with Gasteiger partial charge < -0.3 is 14.6 Å². The molecule has 1 aromatic heterocycles. The molecule has 3 aromatic rings. The van der Waals surface area contributed by atoms with Gasteiger partial charge >= 0.3 is 5.97 Å². The number of carboxylic acids is 1. The lowest BCUT2D eigenvalue weighted by atomic mass is 10.1. The van der Waals surface area contributed by atoms with Crippen LogP contribution in [0, 0.1) is 0 Å². The summed E-state index contributed by atoms with van der Waals surface area (Å²) in [5.74, 6) is 0.0876. The van der Waals surface area contributed by atoms with Crippen molar-refractivity contribution >= 4 is 17.0 Å². The fourth-order valence-electron chi connectivity index (χ4n) is 2.79. The smallest absolute Gasteiger partial charge is 0.307 e. The van der Waals surface area contributed by atoms with Gasteiger partial charge in [0.1, 0.15) is 5.82 Å². The van der Waals surface area contributed by atoms with Gasteiger partial charge in [0.25, 0.3) is 0 Å². The second-order valence-corrected chi connectivity index (χ2v) is 6.15. The number of benzene rings is 2. The molecule has 0 fully saturated rings. The Labute approximate surface area is 141 Å². The molecule has 0 saturated heterocycles. The fraction of sp³-hybridized carbons (Fsp3) is 0.263. The second-order valence-electron chi connectivity index (χ2n) is 6.15. The summed E-state index contributed by atoms with van der Waals surface area (Å²) in [6.07, 6.45) is 0.0150. The van der Waals surface area contributed by atoms with Crippen LogP contribution in [0.4, 0.5) is 0 Å². The van der Waals surface area contributed by atoms with Crippen LogP contribution in [0.2, 0.25) is 0 Å². The quantitative estimate of drug-likeness (QED) is 0.758. The van der Waals surface area contributed by atoms with E-state index in [9.17, 15) is 4.79 Å². The van der Waals surface area contributed by atoms with Crippen molar-refractivity contribution in [3.8, 4) is 11.4 Å². The highest BCUT2D eigenvalue weighted by atomic mass is 16.4. The molecule has 2 aromatic carbocycles. The Morgan fingerprint density at radius 1 is 1.17 bits per heavy atom. The Bertz CT molecular complexity index is 854. The highest BCUT2D eigenvalue weighted by Gasteiger charge is 2.13. The highest BCUT2D eigenvalue weighted by Crippen LogP contribution is 2.25. The molecule has 0 aliphatic rings. The van der Waals surface area contributed by atoms with E-state index in [1.54, 1.807) is 0 Å². The van der Waals surface area contributed by atoms with Crippen LogP contribution in [0.25, 0.3) is 22.4 Å². The van der Waals surface area contributed by atoms with Gasteiger partial charge in [0.15, 0.2) is 0 Å². The second kappa shape index (κ2) is 6.84. The lowest BCUT2D eigenvalue weighted by Gasteiger charge is -2.13. The third-order valence-corrected chi connectivity index (χ3v) is 3.97. The first-order valence-electron chi connectivity index (χ1n) is 7.95. The van der Waals surface area contributed by atoms with Gasteiger partial charge in [0, 0.05) is 18.7 Å². The van der Waals surface area contributed by atoms with Crippen molar-refractivity contribution in [3.63, 3.8) is 0 Å². The van der Waals surface area contributed by atoms with Gasteiger partial charge in [-0.3, -0.25) is 4.79 Å². The monoisotopic (exact) mass is 323 g/mol. The molecule has 0 aliphatic heterocycles. The minimum atomic E-state index is -0.829. The van der Waals surface area contributed by atoms with E-state index in [2.05, 4.69) is 9.47 Å². The molecule has 0 aliphatic carbocycles. The maximum atomic E-state index is 10.9. The van der Waals surface area contributed by atoms with E-state index in [4.69, 9.17) is 10.1 Å². The fourth-order valence-corrected chi connectivity index (χ4v) is 2.79. The van der Waals surface area contributed by atoms with Gasteiger partial charge in [-0.15, -0.1) is 0 Å². The molecule has 0 atom stereocenters. The summed E-state index contributed by atoms with van der Waals surface area (Å²) < 4.78 is 2.20. The van der Waals surface area contributed by atoms with E-state index in [0.717, 1.165) is 41.1 Å². The van der Waals surface area contributed by atoms with Crippen molar-refractivity contribution in [2.24, 2.45) is 0 Å². The zero-order valence-corrected chi connectivity index (χ0v) is 13.9. The highest BCUT2D eigenvalue weighted by molar-refractivity contribution is 5.82. The van der Waals surface area contributed by atoms with Crippen LogP contribution >= 0.6 is 0 Å². The molecule has 124 valence electrons. The van der Waals surface area contributed by atoms with Crippen LogP contribution in [-0.4, -0.2) is 46.2 Å². The van der Waals surface area contributed by atoms with Crippen molar-refractivity contribution in [2.45, 2.75) is 13.0 Å². The van der Waals surface area contributed by atoms with E-state index in [0.29, 0.717) is 0 Å². The molecule has 3 rings (SSSR count). The maximum Gasteiger partial charge on any atom is 0.307 e. The number of aromatic nitrogens is 2. The molecular formula is C19H21N3O2. The lowest BCUT2D eigenvalue weighted by Crippen LogP contribution is -2.18. The Balaban J connectivity index is 2.10. The zero-order valence-electron chi connectivity index (χ0n) is 13.9. The van der Waals surface area contributed by atoms with Gasteiger partial charge in [-0.2, -0.15) is 0 Å². The predicted octanol–water partition coefficient (Wildman–Crippen LogP) is 2.89. The summed E-state index contributed by atoms with van der Waals surface area (Å²) in [6.45, 7) is 1.73. The molecule has 5 nitrogen and oxygen atoms in total. The largest absolute Gasteiger partial charge is 0.481 e. The molecule has 0 spiro atoms. The van der Waals surface area contributed by atoms with Crippen molar-refractivity contribution in [1.82, 2.24) is 14.5 Å². The van der Waals surface area contributed by atoms with E-state index < -0.39 is 5.97 Å². The van der Waals surface area contributed by atoms with Gasteiger partial charge in [-0.05, 0) is 31.8 Å². The minimum absolute atomic E-state index is 0.0150. The van der Waals surface area contributed by atoms with Crippen molar-refractivity contribution < 1.29 is 9.90 Å². The number of carbonyl (C=O) groups is 1. The molecule has 0 radical (unpaired) electrons. The molecule has 1 heterocycles. The maximum absolute atomic E-state index is 10.9. The Morgan fingerprint density at radius 3 is 2.58 bits per heavy atom. The summed E-state index contributed by atoms with van der Waals surface area (Å²) in [7, 11) is 4.10. The van der Waals surface area contributed by atoms with E-state index in [1.807, 2.05) is 62.6 Å². The van der Waals surface area contributed by atoms with Gasteiger partial charge in [0.05, 0.1) is 17.5 Å². The van der Waals surface area contributed by atoms with Crippen LogP contribution in [-0.2, 0) is 17.8 Å². The number of rotatable bonds is 6. The number of hydrogen-bond acceptors (Lipinski definition) is 3. The van der Waals surface area contributed by atoms with Crippen LogP contribution < -0.4 is 0 Å². The van der Waals surface area contributed by atoms with Gasteiger partial charge in [0.2, 0.25) is 0 Å². The summed E-state index contributed by atoms with van der Waals surface area (Å²) >= 11 is 0. The molecule has 0 unspecified atom stereocenters. The molecule has 5 heteroatoms. The van der Waals surface area contributed by atoms with E-state index in [1.165, 1.54) is 0 Å². The number of nitrogens with zero attached hydrogens (tertiary/aromatic N) is 3. The van der Waals surface area contributed by atoms with Crippen LogP contribution in [0.5, 0.6) is 0 Å². The predicted molar refractivity (Wildman–Crippen MR) is 95.1 cm³/mol. The summed E-state index contributed by atoms with van der Waals surface area (Å²) in [5.41, 5.74) is 3.70. The summed E-state index contributed by atoms with van der Waals surface area (Å²) in [6, 6.07) is 15.8. The van der Waals surface area contributed by atoms with Crippen molar-refractivity contribution in [3.05, 3.63) is 54.1 Å². The van der Waals surface area contributed by atoms with E-state index in [-0.39, 0.29) is 6.42 Å². The third kappa shape index (κ3) is 3.46. The van der Waals surface area contributed by atoms with E-state index >= 15 is 0 Å². The van der Waals surface area contributed by atoms with Crippen LogP contribution in [0.1, 0.15) is 5.56 Å². The SMILES string of the molecule is CN(C)CCn1c(-c2ccccc2)nc2cc(CC(=O)O)ccc21. The summed E-state index contributed by atoms with van der Waals surface area (Å²) in [5, 5.41) is 8.99. The standard InChI is InChI=1S/C19H21N3O2/c1-21(2)10-11-22-17-9-8-14(13-18(23)24)12-16(17)20-19(22)15-6-4-3-5-7-15/h3-9,12H,10-11,13H2,1-2H3,(H,23,24). The average molecular weight is 323 g/mol. The minimum Gasteiger partial charge on any atom is -0.481 e. The topological polar surface area (TPSA) is 58.4 Å². The zero-order chi connectivity index (χ0) is 17.1. The Hall–Kier alpha value is -2.66. The number of aliphatic carboxylic acids is 1. The number of imidazole rings is 1. The first-order chi connectivity index (χ1) is 11.5. The average Bonchev–Trinajstić information content (AvgIpc) is 2.91. The lowest BCUT2D eigenvalue weighted by molar-refractivity contribution is -0.136. The van der Waals surface area contributed by atoms with Crippen LogP contribution in [0.15, 0.2) is 48.5 Å². The number of hydrogen-bond donors (Lipinski definition) is 1. The summed E-state index contributed by atoms with van der Waals surface area (Å²) in [4.78, 5) is 17.9. The molecule has 0 saturated carbocycles. The van der Waals surface area contributed by atoms with Crippen molar-refractivity contribution in [2.75, 3.05) is 20.6 Å². The number of fused-ring (bicyclic) bond motifs is 1. The molecule has 0 bridgehead atoms. The Kier molecular flexibility index (Phi) is 4.62. The van der Waals surface area contributed by atoms with Gasteiger partial charge in [-0.25, -0.2) is 4.98 Å². The molecule has 1 N–H and O–H groups in total. The Morgan fingerprint density at radius 2 is 1.92 bits per heavy atom. The third-order valence-electron chi connectivity index (χ3n) is 3.97. The van der Waals surface area contributed by atoms with Crippen molar-refractivity contribution in [1.29, 1.82) is 0 Å². The number of carboxylic acid groups (broad SMARTS) is 1. The van der Waals surface area contributed by atoms with Crippen LogP contribution in [0.3, 0.4) is 0 Å². The molecule has 0 amide bonds. The van der Waals surface area contributed by atoms with Gasteiger partial charge in [-0.1, -0.05) is 36.4 Å². The molecule has 24 heavy (non-hydrogen) atoms. The first-order valence-corrected chi connectivity index (χ1v) is 7.95.